The number of carbonyl (C=O) groups is 1. The van der Waals surface area contributed by atoms with Crippen molar-refractivity contribution in [3.8, 4) is 11.4 Å². The van der Waals surface area contributed by atoms with Crippen molar-refractivity contribution in [2.45, 2.75) is 31.8 Å². The second-order valence-electron chi connectivity index (χ2n) is 6.04. The van der Waals surface area contributed by atoms with Gasteiger partial charge in [-0.25, -0.2) is 0 Å². The Morgan fingerprint density at radius 1 is 1.30 bits per heavy atom. The van der Waals surface area contributed by atoms with E-state index in [0.29, 0.717) is 34.8 Å². The average Bonchev–Trinajstić information content (AvgIpc) is 3.35. The number of carbonyl (C=O) groups excluding carboxylic acids is 1. The highest BCUT2D eigenvalue weighted by atomic mass is 35.5. The zero-order valence-electron chi connectivity index (χ0n) is 14.5. The van der Waals surface area contributed by atoms with Crippen LogP contribution in [0.5, 0.6) is 0 Å². The first-order chi connectivity index (χ1) is 13.1. The van der Waals surface area contributed by atoms with Crippen molar-refractivity contribution < 1.29 is 14.1 Å². The third kappa shape index (κ3) is 6.16. The summed E-state index contributed by atoms with van der Waals surface area (Å²) in [6.07, 6.45) is 2.77. The molecule has 1 amide bonds. The summed E-state index contributed by atoms with van der Waals surface area (Å²) in [4.78, 5) is 16.2. The maximum absolute atomic E-state index is 11.9. The Bertz CT molecular complexity index is 777. The molecule has 0 bridgehead atoms. The lowest BCUT2D eigenvalue weighted by Gasteiger charge is -2.14. The van der Waals surface area contributed by atoms with Gasteiger partial charge >= 0.3 is 0 Å². The summed E-state index contributed by atoms with van der Waals surface area (Å²) in [6, 6.07) is 7.11. The molecule has 1 aliphatic heterocycles. The topological polar surface area (TPSA) is 101 Å². The second kappa shape index (κ2) is 9.63. The number of amides is 1. The first-order valence-electron chi connectivity index (χ1n) is 8.63. The summed E-state index contributed by atoms with van der Waals surface area (Å²) in [6.45, 7) is 1.41. The highest BCUT2D eigenvalue weighted by molar-refractivity contribution is 7.80. The lowest BCUT2D eigenvalue weighted by molar-refractivity contribution is -0.121. The SMILES string of the molecule is O=C(CCc1nc(-c2ccc(Cl)cc2)no1)NNC(=S)NC[C@@H]1CCCO1. The van der Waals surface area contributed by atoms with Gasteiger partial charge in [0.05, 0.1) is 6.10 Å². The highest BCUT2D eigenvalue weighted by Crippen LogP contribution is 2.18. The van der Waals surface area contributed by atoms with E-state index >= 15 is 0 Å². The average molecular weight is 410 g/mol. The number of hydrazine groups is 1. The molecule has 1 saturated heterocycles. The number of thiocarbonyl (C=S) groups is 1. The Morgan fingerprint density at radius 3 is 2.85 bits per heavy atom. The van der Waals surface area contributed by atoms with Gasteiger partial charge in [-0.05, 0) is 49.3 Å². The number of nitrogens with zero attached hydrogens (tertiary/aromatic N) is 2. The molecule has 0 unspecified atom stereocenters. The highest BCUT2D eigenvalue weighted by Gasteiger charge is 2.15. The first-order valence-corrected chi connectivity index (χ1v) is 9.41. The standard InChI is InChI=1S/C17H20ClN5O3S/c18-12-5-3-11(4-6-12)16-20-15(26-23-16)8-7-14(24)21-22-17(27)19-10-13-2-1-9-25-13/h3-6,13H,1-2,7-10H2,(H,21,24)(H2,19,22,27)/t13-/m0/s1. The summed E-state index contributed by atoms with van der Waals surface area (Å²) in [5.41, 5.74) is 5.99. The minimum atomic E-state index is -0.234. The Balaban J connectivity index is 1.36. The van der Waals surface area contributed by atoms with Crippen molar-refractivity contribution in [1.82, 2.24) is 26.3 Å². The molecule has 8 nitrogen and oxygen atoms in total. The smallest absolute Gasteiger partial charge is 0.238 e. The van der Waals surface area contributed by atoms with Crippen LogP contribution < -0.4 is 16.2 Å². The van der Waals surface area contributed by atoms with Gasteiger partial charge in [-0.2, -0.15) is 4.98 Å². The zero-order valence-corrected chi connectivity index (χ0v) is 16.1. The molecule has 27 heavy (non-hydrogen) atoms. The minimum Gasteiger partial charge on any atom is -0.376 e. The van der Waals surface area contributed by atoms with E-state index in [1.54, 1.807) is 24.3 Å². The number of aromatic nitrogens is 2. The molecule has 10 heteroatoms. The third-order valence-electron chi connectivity index (χ3n) is 3.97. The summed E-state index contributed by atoms with van der Waals surface area (Å²) < 4.78 is 10.7. The van der Waals surface area contributed by atoms with E-state index in [2.05, 4.69) is 26.3 Å². The number of hydrogen-bond donors (Lipinski definition) is 3. The van der Waals surface area contributed by atoms with Gasteiger partial charge in [-0.1, -0.05) is 16.8 Å². The molecule has 1 fully saturated rings. The number of benzene rings is 1. The van der Waals surface area contributed by atoms with Crippen LogP contribution in [-0.4, -0.2) is 40.4 Å². The fourth-order valence-electron chi connectivity index (χ4n) is 2.54. The normalized spacial score (nSPS) is 16.1. The molecule has 0 spiro atoms. The van der Waals surface area contributed by atoms with Crippen LogP contribution in [0.1, 0.15) is 25.2 Å². The quantitative estimate of drug-likeness (QED) is 0.492. The van der Waals surface area contributed by atoms with E-state index in [0.717, 1.165) is 25.0 Å². The van der Waals surface area contributed by atoms with Gasteiger partial charge in [0.15, 0.2) is 5.11 Å². The van der Waals surface area contributed by atoms with Crippen LogP contribution in [0, 0.1) is 0 Å². The number of ether oxygens (including phenoxy) is 1. The number of nitrogens with one attached hydrogen (secondary N) is 3. The van der Waals surface area contributed by atoms with Crippen molar-refractivity contribution in [3.63, 3.8) is 0 Å². The van der Waals surface area contributed by atoms with Crippen molar-refractivity contribution >= 4 is 34.8 Å². The molecule has 1 aliphatic rings. The number of rotatable bonds is 6. The Labute approximate surface area is 167 Å². The minimum absolute atomic E-state index is 0.174. The van der Waals surface area contributed by atoms with Crippen LogP contribution in [0.3, 0.4) is 0 Å². The number of hydrogen-bond acceptors (Lipinski definition) is 6. The predicted molar refractivity (Wildman–Crippen MR) is 104 cm³/mol. The number of aryl methyl sites for hydroxylation is 1. The van der Waals surface area contributed by atoms with Gasteiger partial charge < -0.3 is 14.6 Å². The van der Waals surface area contributed by atoms with Gasteiger partial charge in [-0.3, -0.25) is 15.6 Å². The molecule has 3 N–H and O–H groups in total. The lowest BCUT2D eigenvalue weighted by atomic mass is 10.2. The summed E-state index contributed by atoms with van der Waals surface area (Å²) >= 11 is 11.0. The molecule has 2 aromatic rings. The molecule has 0 radical (unpaired) electrons. The molecule has 2 heterocycles. The lowest BCUT2D eigenvalue weighted by Crippen LogP contribution is -2.48. The number of halogens is 1. The Hall–Kier alpha value is -2.23. The van der Waals surface area contributed by atoms with Crippen molar-refractivity contribution in [2.24, 2.45) is 0 Å². The zero-order chi connectivity index (χ0) is 19.1. The summed E-state index contributed by atoms with van der Waals surface area (Å²) in [5, 5.41) is 7.90. The van der Waals surface area contributed by atoms with Gasteiger partial charge in [0, 0.05) is 36.6 Å². The molecule has 3 rings (SSSR count). The third-order valence-corrected chi connectivity index (χ3v) is 4.46. The molecule has 1 aromatic heterocycles. The van der Waals surface area contributed by atoms with Crippen LogP contribution >= 0.6 is 23.8 Å². The fraction of sp³-hybridized carbons (Fsp3) is 0.412. The van der Waals surface area contributed by atoms with E-state index in [9.17, 15) is 4.79 Å². The molecule has 144 valence electrons. The fourth-order valence-corrected chi connectivity index (χ4v) is 2.80. The molecular weight excluding hydrogens is 390 g/mol. The van der Waals surface area contributed by atoms with Gasteiger partial charge in [0.1, 0.15) is 0 Å². The largest absolute Gasteiger partial charge is 0.376 e. The van der Waals surface area contributed by atoms with Crippen molar-refractivity contribution in [1.29, 1.82) is 0 Å². The molecule has 0 saturated carbocycles. The van der Waals surface area contributed by atoms with Crippen LogP contribution in [0.2, 0.25) is 5.02 Å². The molecule has 1 atom stereocenters. The van der Waals surface area contributed by atoms with Gasteiger partial charge in [-0.15, -0.1) is 0 Å². The molecular formula is C17H20ClN5O3S. The Kier molecular flexibility index (Phi) is 6.97. The van der Waals surface area contributed by atoms with E-state index in [4.69, 9.17) is 33.1 Å². The molecule has 0 aliphatic carbocycles. The van der Waals surface area contributed by atoms with Crippen LogP contribution in [0.25, 0.3) is 11.4 Å². The van der Waals surface area contributed by atoms with Crippen LogP contribution in [0.15, 0.2) is 28.8 Å². The maximum atomic E-state index is 11.9. The monoisotopic (exact) mass is 409 g/mol. The maximum Gasteiger partial charge on any atom is 0.238 e. The predicted octanol–water partition coefficient (Wildman–Crippen LogP) is 2.00. The van der Waals surface area contributed by atoms with Gasteiger partial charge in [0.25, 0.3) is 0 Å². The summed E-state index contributed by atoms with van der Waals surface area (Å²) in [5.74, 6) is 0.608. The first kappa shape index (κ1) is 19.5. The molecule has 1 aromatic carbocycles. The second-order valence-corrected chi connectivity index (χ2v) is 6.88. The van der Waals surface area contributed by atoms with Gasteiger partial charge in [0.2, 0.25) is 17.6 Å². The van der Waals surface area contributed by atoms with E-state index in [-0.39, 0.29) is 18.4 Å². The van der Waals surface area contributed by atoms with E-state index in [1.807, 2.05) is 0 Å². The van der Waals surface area contributed by atoms with Crippen molar-refractivity contribution in [2.75, 3.05) is 13.2 Å². The summed E-state index contributed by atoms with van der Waals surface area (Å²) in [7, 11) is 0. The van der Waals surface area contributed by atoms with Crippen molar-refractivity contribution in [3.05, 3.63) is 35.2 Å². The van der Waals surface area contributed by atoms with E-state index in [1.165, 1.54) is 0 Å². The Morgan fingerprint density at radius 2 is 2.11 bits per heavy atom. The van der Waals surface area contributed by atoms with Crippen LogP contribution in [0.4, 0.5) is 0 Å². The van der Waals surface area contributed by atoms with Crippen LogP contribution in [-0.2, 0) is 16.0 Å². The van der Waals surface area contributed by atoms with E-state index < -0.39 is 0 Å².